The lowest BCUT2D eigenvalue weighted by Gasteiger charge is -2.04. The van der Waals surface area contributed by atoms with Crippen molar-refractivity contribution in [3.8, 4) is 0 Å². The van der Waals surface area contributed by atoms with E-state index < -0.39 is 0 Å². The fraction of sp³-hybridized carbons (Fsp3) is 0.500. The monoisotopic (exact) mass is 156 g/mol. The van der Waals surface area contributed by atoms with Crippen LogP contribution in [0.25, 0.3) is 0 Å². The van der Waals surface area contributed by atoms with E-state index in [-0.39, 0.29) is 6.10 Å². The first-order valence-electron chi connectivity index (χ1n) is 3.54. The van der Waals surface area contributed by atoms with E-state index in [0.717, 1.165) is 18.4 Å². The predicted molar refractivity (Wildman–Crippen MR) is 44.2 cm³/mol. The van der Waals surface area contributed by atoms with Gasteiger partial charge in [-0.3, -0.25) is 0 Å². The van der Waals surface area contributed by atoms with Gasteiger partial charge in [0.25, 0.3) is 0 Å². The Morgan fingerprint density at radius 3 is 3.00 bits per heavy atom. The van der Waals surface area contributed by atoms with Crippen LogP contribution in [0.15, 0.2) is 16.8 Å². The van der Waals surface area contributed by atoms with Crippen LogP contribution in [0.2, 0.25) is 0 Å². The second-order valence-corrected chi connectivity index (χ2v) is 3.14. The van der Waals surface area contributed by atoms with Crippen LogP contribution in [0.5, 0.6) is 0 Å². The van der Waals surface area contributed by atoms with Crippen LogP contribution in [0.4, 0.5) is 0 Å². The van der Waals surface area contributed by atoms with E-state index in [4.69, 9.17) is 0 Å². The van der Waals surface area contributed by atoms with Gasteiger partial charge in [0.15, 0.2) is 0 Å². The molecule has 0 saturated carbocycles. The van der Waals surface area contributed by atoms with Gasteiger partial charge in [0, 0.05) is 0 Å². The number of rotatable bonds is 3. The van der Waals surface area contributed by atoms with Gasteiger partial charge in [-0.15, -0.1) is 0 Å². The third-order valence-corrected chi connectivity index (χ3v) is 2.19. The maximum atomic E-state index is 9.42. The SMILES string of the molecule is CCC[C@@H](O)c1ccsc1. The smallest absolute Gasteiger partial charge is 0.0798 e. The van der Waals surface area contributed by atoms with Gasteiger partial charge < -0.3 is 5.11 Å². The highest BCUT2D eigenvalue weighted by Crippen LogP contribution is 2.19. The fourth-order valence-corrected chi connectivity index (χ4v) is 1.61. The molecule has 0 aliphatic carbocycles. The summed E-state index contributed by atoms with van der Waals surface area (Å²) < 4.78 is 0. The molecule has 10 heavy (non-hydrogen) atoms. The van der Waals surface area contributed by atoms with Crippen LogP contribution in [0.1, 0.15) is 31.4 Å². The van der Waals surface area contributed by atoms with Gasteiger partial charge in [0.2, 0.25) is 0 Å². The lowest BCUT2D eigenvalue weighted by atomic mass is 10.1. The molecule has 1 aromatic heterocycles. The summed E-state index contributed by atoms with van der Waals surface area (Å²) in [5.74, 6) is 0. The van der Waals surface area contributed by atoms with Crippen molar-refractivity contribution in [2.24, 2.45) is 0 Å². The molecule has 1 atom stereocenters. The van der Waals surface area contributed by atoms with Crippen LogP contribution in [-0.2, 0) is 0 Å². The molecule has 0 spiro atoms. The van der Waals surface area contributed by atoms with E-state index >= 15 is 0 Å². The molecule has 0 radical (unpaired) electrons. The van der Waals surface area contributed by atoms with Crippen LogP contribution < -0.4 is 0 Å². The molecule has 0 fully saturated rings. The molecular weight excluding hydrogens is 144 g/mol. The first-order valence-corrected chi connectivity index (χ1v) is 4.49. The molecule has 2 heteroatoms. The summed E-state index contributed by atoms with van der Waals surface area (Å²) in [4.78, 5) is 0. The van der Waals surface area contributed by atoms with E-state index in [0.29, 0.717) is 0 Å². The molecule has 0 unspecified atom stereocenters. The largest absolute Gasteiger partial charge is 0.388 e. The maximum Gasteiger partial charge on any atom is 0.0798 e. The average molecular weight is 156 g/mol. The minimum absolute atomic E-state index is 0.240. The maximum absolute atomic E-state index is 9.42. The zero-order valence-electron chi connectivity index (χ0n) is 6.08. The van der Waals surface area contributed by atoms with Crippen molar-refractivity contribution < 1.29 is 5.11 Å². The quantitative estimate of drug-likeness (QED) is 0.713. The second-order valence-electron chi connectivity index (χ2n) is 2.36. The highest BCUT2D eigenvalue weighted by Gasteiger charge is 2.04. The molecule has 0 aliphatic heterocycles. The highest BCUT2D eigenvalue weighted by atomic mass is 32.1. The molecule has 0 saturated heterocycles. The Hall–Kier alpha value is -0.340. The van der Waals surface area contributed by atoms with E-state index in [2.05, 4.69) is 6.92 Å². The predicted octanol–water partition coefficient (Wildman–Crippen LogP) is 2.58. The molecule has 0 amide bonds. The fourth-order valence-electron chi connectivity index (χ4n) is 0.905. The number of hydrogen-bond acceptors (Lipinski definition) is 2. The van der Waals surface area contributed by atoms with Gasteiger partial charge in [-0.2, -0.15) is 11.3 Å². The first kappa shape index (κ1) is 7.76. The van der Waals surface area contributed by atoms with Gasteiger partial charge in [0.05, 0.1) is 6.10 Å². The summed E-state index contributed by atoms with van der Waals surface area (Å²) in [6.07, 6.45) is 1.67. The van der Waals surface area contributed by atoms with E-state index in [1.165, 1.54) is 0 Å². The van der Waals surface area contributed by atoms with Crippen molar-refractivity contribution in [2.75, 3.05) is 0 Å². The molecule has 1 nitrogen and oxygen atoms in total. The Morgan fingerprint density at radius 2 is 2.50 bits per heavy atom. The third-order valence-electron chi connectivity index (χ3n) is 1.49. The van der Waals surface area contributed by atoms with Gasteiger partial charge in [-0.1, -0.05) is 13.3 Å². The lowest BCUT2D eigenvalue weighted by molar-refractivity contribution is 0.167. The summed E-state index contributed by atoms with van der Waals surface area (Å²) in [7, 11) is 0. The van der Waals surface area contributed by atoms with Crippen molar-refractivity contribution in [3.05, 3.63) is 22.4 Å². The summed E-state index contributed by atoms with van der Waals surface area (Å²) in [5, 5.41) is 13.4. The third kappa shape index (κ3) is 1.82. The molecule has 1 rings (SSSR count). The Bertz CT molecular complexity index is 169. The minimum atomic E-state index is -0.240. The summed E-state index contributed by atoms with van der Waals surface area (Å²) >= 11 is 1.63. The van der Waals surface area contributed by atoms with E-state index in [1.54, 1.807) is 11.3 Å². The average Bonchev–Trinajstić information content (AvgIpc) is 2.38. The molecular formula is C8H12OS. The van der Waals surface area contributed by atoms with Crippen molar-refractivity contribution >= 4 is 11.3 Å². The topological polar surface area (TPSA) is 20.2 Å². The van der Waals surface area contributed by atoms with Gasteiger partial charge in [0.1, 0.15) is 0 Å². The number of aliphatic hydroxyl groups excluding tert-OH is 1. The number of hydrogen-bond donors (Lipinski definition) is 1. The molecule has 0 aliphatic rings. The van der Waals surface area contributed by atoms with Crippen molar-refractivity contribution in [1.82, 2.24) is 0 Å². The number of thiophene rings is 1. The Labute approximate surface area is 65.3 Å². The summed E-state index contributed by atoms with van der Waals surface area (Å²) in [6, 6.07) is 1.98. The molecule has 1 aromatic rings. The molecule has 0 aromatic carbocycles. The highest BCUT2D eigenvalue weighted by molar-refractivity contribution is 7.07. The van der Waals surface area contributed by atoms with Crippen molar-refractivity contribution in [2.45, 2.75) is 25.9 Å². The van der Waals surface area contributed by atoms with Crippen LogP contribution in [0, 0.1) is 0 Å². The molecule has 56 valence electrons. The van der Waals surface area contributed by atoms with E-state index in [9.17, 15) is 5.11 Å². The summed E-state index contributed by atoms with van der Waals surface area (Å²) in [5.41, 5.74) is 1.06. The van der Waals surface area contributed by atoms with Gasteiger partial charge in [-0.05, 0) is 28.8 Å². The zero-order valence-corrected chi connectivity index (χ0v) is 6.90. The van der Waals surface area contributed by atoms with Crippen molar-refractivity contribution in [3.63, 3.8) is 0 Å². The zero-order chi connectivity index (χ0) is 7.40. The normalized spacial score (nSPS) is 13.4. The standard InChI is InChI=1S/C8H12OS/c1-2-3-8(9)7-4-5-10-6-7/h4-6,8-9H,2-3H2,1H3/t8-/m1/s1. The molecule has 1 heterocycles. The van der Waals surface area contributed by atoms with Gasteiger partial charge in [-0.25, -0.2) is 0 Å². The second kappa shape index (κ2) is 3.74. The molecule has 0 bridgehead atoms. The van der Waals surface area contributed by atoms with Crippen LogP contribution in [-0.4, -0.2) is 5.11 Å². The minimum Gasteiger partial charge on any atom is -0.388 e. The van der Waals surface area contributed by atoms with Gasteiger partial charge >= 0.3 is 0 Å². The summed E-state index contributed by atoms with van der Waals surface area (Å²) in [6.45, 7) is 2.08. The Kier molecular flexibility index (Phi) is 2.90. The Morgan fingerprint density at radius 1 is 1.70 bits per heavy atom. The molecule has 1 N–H and O–H groups in total. The Balaban J connectivity index is 2.50. The van der Waals surface area contributed by atoms with Crippen molar-refractivity contribution in [1.29, 1.82) is 0 Å². The first-order chi connectivity index (χ1) is 4.84. The van der Waals surface area contributed by atoms with Crippen LogP contribution >= 0.6 is 11.3 Å². The van der Waals surface area contributed by atoms with E-state index in [1.807, 2.05) is 16.8 Å². The van der Waals surface area contributed by atoms with Crippen LogP contribution in [0.3, 0.4) is 0 Å². The lowest BCUT2D eigenvalue weighted by Crippen LogP contribution is -1.93. The number of aliphatic hydroxyl groups is 1.